The van der Waals surface area contributed by atoms with Gasteiger partial charge < -0.3 is 5.32 Å². The first kappa shape index (κ1) is 8.97. The van der Waals surface area contributed by atoms with Gasteiger partial charge in [0.25, 0.3) is 0 Å². The molecule has 66 valence electrons. The summed E-state index contributed by atoms with van der Waals surface area (Å²) in [5, 5.41) is 3.10. The lowest BCUT2D eigenvalue weighted by Gasteiger charge is -2.02. The molecule has 1 rings (SSSR count). The molecule has 1 heterocycles. The molecule has 0 aliphatic rings. The van der Waals surface area contributed by atoms with Crippen LogP contribution in [0, 0.1) is 5.82 Å². The molecule has 0 spiro atoms. The number of aromatic nitrogens is 1. The van der Waals surface area contributed by atoms with Crippen molar-refractivity contribution in [2.24, 2.45) is 0 Å². The first-order chi connectivity index (χ1) is 5.83. The van der Waals surface area contributed by atoms with E-state index in [1.165, 1.54) is 12.3 Å². The zero-order valence-corrected chi connectivity index (χ0v) is 7.18. The minimum Gasteiger partial charge on any atom is -0.370 e. The summed E-state index contributed by atoms with van der Waals surface area (Å²) in [6, 6.07) is 3.05. The van der Waals surface area contributed by atoms with Crippen molar-refractivity contribution in [1.82, 2.24) is 4.98 Å². The summed E-state index contributed by atoms with van der Waals surface area (Å²) in [7, 11) is 0. The van der Waals surface area contributed by atoms with Crippen molar-refractivity contribution in [3.8, 4) is 0 Å². The second-order valence-corrected chi connectivity index (χ2v) is 2.64. The van der Waals surface area contributed by atoms with Crippen LogP contribution in [0.1, 0.15) is 19.8 Å². The van der Waals surface area contributed by atoms with Gasteiger partial charge in [-0.05, 0) is 18.6 Å². The number of anilines is 1. The Labute approximate surface area is 71.8 Å². The second kappa shape index (κ2) is 4.70. The van der Waals surface area contributed by atoms with E-state index in [2.05, 4.69) is 17.2 Å². The Morgan fingerprint density at radius 3 is 2.92 bits per heavy atom. The molecule has 0 aromatic carbocycles. The van der Waals surface area contributed by atoms with Gasteiger partial charge in [0.05, 0.1) is 6.20 Å². The smallest absolute Gasteiger partial charge is 0.141 e. The van der Waals surface area contributed by atoms with Gasteiger partial charge in [-0.2, -0.15) is 0 Å². The third-order valence-electron chi connectivity index (χ3n) is 1.56. The molecule has 0 radical (unpaired) electrons. The minimum absolute atomic E-state index is 0.295. The van der Waals surface area contributed by atoms with Gasteiger partial charge in [0.15, 0.2) is 0 Å². The van der Waals surface area contributed by atoms with Gasteiger partial charge in [-0.3, -0.25) is 0 Å². The molecule has 0 fully saturated rings. The van der Waals surface area contributed by atoms with Crippen molar-refractivity contribution in [3.05, 3.63) is 24.1 Å². The van der Waals surface area contributed by atoms with Gasteiger partial charge >= 0.3 is 0 Å². The summed E-state index contributed by atoms with van der Waals surface area (Å²) in [5.41, 5.74) is 0. The SMILES string of the molecule is CCCCNc1ccc(F)cn1. The molecule has 0 aliphatic carbocycles. The minimum atomic E-state index is -0.295. The number of unbranched alkanes of at least 4 members (excludes halogenated alkanes) is 1. The van der Waals surface area contributed by atoms with E-state index in [9.17, 15) is 4.39 Å². The molecule has 3 heteroatoms. The fraction of sp³-hybridized carbons (Fsp3) is 0.444. The van der Waals surface area contributed by atoms with Gasteiger partial charge in [-0.1, -0.05) is 13.3 Å². The fourth-order valence-electron chi connectivity index (χ4n) is 0.874. The maximum atomic E-state index is 12.4. The van der Waals surface area contributed by atoms with Crippen LogP contribution in [0.15, 0.2) is 18.3 Å². The molecule has 1 aromatic rings. The number of halogens is 1. The first-order valence-corrected chi connectivity index (χ1v) is 4.18. The molecule has 0 amide bonds. The van der Waals surface area contributed by atoms with Crippen LogP contribution >= 0.6 is 0 Å². The summed E-state index contributed by atoms with van der Waals surface area (Å²) < 4.78 is 12.4. The van der Waals surface area contributed by atoms with Crippen molar-refractivity contribution >= 4 is 5.82 Å². The Balaban J connectivity index is 2.37. The van der Waals surface area contributed by atoms with Crippen molar-refractivity contribution in [2.75, 3.05) is 11.9 Å². The van der Waals surface area contributed by atoms with Crippen LogP contribution in [0.3, 0.4) is 0 Å². The van der Waals surface area contributed by atoms with Gasteiger partial charge in [0.2, 0.25) is 0 Å². The highest BCUT2D eigenvalue weighted by Crippen LogP contribution is 2.03. The van der Waals surface area contributed by atoms with E-state index in [1.54, 1.807) is 6.07 Å². The molecule has 2 nitrogen and oxygen atoms in total. The molecule has 0 bridgehead atoms. The van der Waals surface area contributed by atoms with Gasteiger partial charge in [0, 0.05) is 6.54 Å². The predicted octanol–water partition coefficient (Wildman–Crippen LogP) is 2.43. The van der Waals surface area contributed by atoms with E-state index in [-0.39, 0.29) is 5.82 Å². The lowest BCUT2D eigenvalue weighted by Crippen LogP contribution is -2.02. The van der Waals surface area contributed by atoms with E-state index in [1.807, 2.05) is 0 Å². The molecule has 1 aromatic heterocycles. The highest BCUT2D eigenvalue weighted by molar-refractivity contribution is 5.33. The summed E-state index contributed by atoms with van der Waals surface area (Å²) >= 11 is 0. The zero-order chi connectivity index (χ0) is 8.81. The molecule has 0 saturated carbocycles. The number of nitrogens with one attached hydrogen (secondary N) is 1. The van der Waals surface area contributed by atoms with E-state index >= 15 is 0 Å². The molecule has 0 aliphatic heterocycles. The number of hydrogen-bond donors (Lipinski definition) is 1. The van der Waals surface area contributed by atoms with E-state index < -0.39 is 0 Å². The Kier molecular flexibility index (Phi) is 3.51. The van der Waals surface area contributed by atoms with Crippen molar-refractivity contribution in [1.29, 1.82) is 0 Å². The fourth-order valence-corrected chi connectivity index (χ4v) is 0.874. The van der Waals surface area contributed by atoms with Crippen LogP contribution in [0.5, 0.6) is 0 Å². The molecule has 12 heavy (non-hydrogen) atoms. The summed E-state index contributed by atoms with van der Waals surface area (Å²) in [6.45, 7) is 3.02. The Morgan fingerprint density at radius 2 is 2.33 bits per heavy atom. The van der Waals surface area contributed by atoms with Crippen LogP contribution in [0.25, 0.3) is 0 Å². The Bertz CT molecular complexity index is 220. The molecular weight excluding hydrogens is 155 g/mol. The Hall–Kier alpha value is -1.12. The van der Waals surface area contributed by atoms with E-state index in [4.69, 9.17) is 0 Å². The number of pyridine rings is 1. The largest absolute Gasteiger partial charge is 0.370 e. The van der Waals surface area contributed by atoms with Crippen molar-refractivity contribution in [3.63, 3.8) is 0 Å². The summed E-state index contributed by atoms with van der Waals surface area (Å²) in [6.07, 6.45) is 3.47. The van der Waals surface area contributed by atoms with E-state index in [0.717, 1.165) is 25.2 Å². The predicted molar refractivity (Wildman–Crippen MR) is 47.6 cm³/mol. The zero-order valence-electron chi connectivity index (χ0n) is 7.18. The number of hydrogen-bond acceptors (Lipinski definition) is 2. The quantitative estimate of drug-likeness (QED) is 0.698. The van der Waals surface area contributed by atoms with Crippen LogP contribution in [0.4, 0.5) is 10.2 Å². The van der Waals surface area contributed by atoms with Crippen LogP contribution in [-0.4, -0.2) is 11.5 Å². The maximum absolute atomic E-state index is 12.4. The molecular formula is C9H13FN2. The molecule has 0 unspecified atom stereocenters. The average molecular weight is 168 g/mol. The number of nitrogens with zero attached hydrogens (tertiary/aromatic N) is 1. The Morgan fingerprint density at radius 1 is 1.50 bits per heavy atom. The van der Waals surface area contributed by atoms with Gasteiger partial charge in [-0.25, -0.2) is 9.37 Å². The highest BCUT2D eigenvalue weighted by Gasteiger charge is 1.92. The van der Waals surface area contributed by atoms with Crippen LogP contribution in [0.2, 0.25) is 0 Å². The first-order valence-electron chi connectivity index (χ1n) is 4.18. The van der Waals surface area contributed by atoms with Gasteiger partial charge in [0.1, 0.15) is 11.6 Å². The third kappa shape index (κ3) is 2.86. The normalized spacial score (nSPS) is 9.83. The van der Waals surface area contributed by atoms with Crippen LogP contribution < -0.4 is 5.32 Å². The average Bonchev–Trinajstić information content (AvgIpc) is 2.09. The molecule has 0 atom stereocenters. The monoisotopic (exact) mass is 168 g/mol. The molecule has 0 saturated heterocycles. The lowest BCUT2D eigenvalue weighted by atomic mass is 10.3. The summed E-state index contributed by atoms with van der Waals surface area (Å²) in [5.74, 6) is 0.445. The van der Waals surface area contributed by atoms with Gasteiger partial charge in [-0.15, -0.1) is 0 Å². The lowest BCUT2D eigenvalue weighted by molar-refractivity contribution is 0.621. The third-order valence-corrected chi connectivity index (χ3v) is 1.56. The maximum Gasteiger partial charge on any atom is 0.141 e. The topological polar surface area (TPSA) is 24.9 Å². The van der Waals surface area contributed by atoms with Crippen molar-refractivity contribution < 1.29 is 4.39 Å². The molecule has 1 N–H and O–H groups in total. The van der Waals surface area contributed by atoms with E-state index in [0.29, 0.717) is 0 Å². The summed E-state index contributed by atoms with van der Waals surface area (Å²) in [4.78, 5) is 3.86. The van der Waals surface area contributed by atoms with Crippen molar-refractivity contribution in [2.45, 2.75) is 19.8 Å². The van der Waals surface area contributed by atoms with Crippen LogP contribution in [-0.2, 0) is 0 Å². The second-order valence-electron chi connectivity index (χ2n) is 2.64. The standard InChI is InChI=1S/C9H13FN2/c1-2-3-6-11-9-5-4-8(10)7-12-9/h4-5,7H,2-3,6H2,1H3,(H,11,12). The number of rotatable bonds is 4. The highest BCUT2D eigenvalue weighted by atomic mass is 19.1.